The average Bonchev–Trinajstić information content (AvgIpc) is 3.66. The summed E-state index contributed by atoms with van der Waals surface area (Å²) < 4.78 is 25.3. The fraction of sp³-hybridized carbons (Fsp3) is 0.462. The number of esters is 1. The molecule has 2 aromatic rings. The number of ether oxygens (including phenoxy) is 2. The zero-order valence-corrected chi connectivity index (χ0v) is 21.1. The summed E-state index contributed by atoms with van der Waals surface area (Å²) in [5.41, 5.74) is 7.21. The van der Waals surface area contributed by atoms with Crippen LogP contribution in [0.1, 0.15) is 65.5 Å². The first kappa shape index (κ1) is 25.7. The molecule has 1 saturated carbocycles. The molecule has 1 atom stereocenters. The number of hydrogen-bond donors (Lipinski definition) is 1. The van der Waals surface area contributed by atoms with Crippen molar-refractivity contribution >= 4 is 35.1 Å². The van der Waals surface area contributed by atoms with Gasteiger partial charge in [0.25, 0.3) is 0 Å². The van der Waals surface area contributed by atoms with E-state index in [0.717, 1.165) is 49.9 Å². The van der Waals surface area contributed by atoms with Crippen molar-refractivity contribution in [2.75, 3.05) is 26.8 Å². The summed E-state index contributed by atoms with van der Waals surface area (Å²) in [7, 11) is 1.24. The number of hydrogen-bond acceptors (Lipinski definition) is 5. The molecule has 6 nitrogen and oxygen atoms in total. The lowest BCUT2D eigenvalue weighted by Gasteiger charge is -2.37. The van der Waals surface area contributed by atoms with Crippen LogP contribution in [-0.2, 0) is 9.53 Å². The Morgan fingerprint density at radius 1 is 1.09 bits per heavy atom. The fourth-order valence-electron chi connectivity index (χ4n) is 4.73. The topological polar surface area (TPSA) is 81.9 Å². The van der Waals surface area contributed by atoms with Crippen LogP contribution in [0.2, 0.25) is 10.0 Å². The maximum atomic E-state index is 14.5. The molecule has 9 heteroatoms. The summed E-state index contributed by atoms with van der Waals surface area (Å²) in [5.74, 6) is -0.647. The maximum Gasteiger partial charge on any atom is 0.340 e. The van der Waals surface area contributed by atoms with Crippen LogP contribution in [0.5, 0.6) is 5.75 Å². The molecule has 1 unspecified atom stereocenters. The number of nitrogens with two attached hydrogens (primary N) is 1. The van der Waals surface area contributed by atoms with Crippen LogP contribution in [-0.4, -0.2) is 43.6 Å². The molecule has 4 rings (SSSR count). The van der Waals surface area contributed by atoms with E-state index in [-0.39, 0.29) is 35.8 Å². The minimum Gasteiger partial charge on any atom is -0.493 e. The van der Waals surface area contributed by atoms with Gasteiger partial charge in [0.2, 0.25) is 5.91 Å². The van der Waals surface area contributed by atoms with E-state index in [1.807, 2.05) is 12.1 Å². The number of halogens is 3. The summed E-state index contributed by atoms with van der Waals surface area (Å²) in [6, 6.07) is 7.98. The highest BCUT2D eigenvalue weighted by molar-refractivity contribution is 6.34. The van der Waals surface area contributed by atoms with Crippen molar-refractivity contribution in [2.24, 2.45) is 11.7 Å². The van der Waals surface area contributed by atoms with Gasteiger partial charge < -0.3 is 15.2 Å². The Labute approximate surface area is 214 Å². The molecule has 2 aliphatic rings. The number of carbonyl (C=O) groups is 2. The summed E-state index contributed by atoms with van der Waals surface area (Å²) in [5, 5.41) is 1.03. The predicted octanol–water partition coefficient (Wildman–Crippen LogP) is 5.50. The molecule has 0 spiro atoms. The van der Waals surface area contributed by atoms with Gasteiger partial charge in [-0.3, -0.25) is 9.69 Å². The van der Waals surface area contributed by atoms with Crippen molar-refractivity contribution in [2.45, 2.75) is 44.1 Å². The molecule has 1 heterocycles. The number of piperidine rings is 1. The van der Waals surface area contributed by atoms with Crippen molar-refractivity contribution < 1.29 is 23.5 Å². The van der Waals surface area contributed by atoms with E-state index in [4.69, 9.17) is 38.4 Å². The van der Waals surface area contributed by atoms with E-state index < -0.39 is 11.8 Å². The number of rotatable bonds is 9. The van der Waals surface area contributed by atoms with Gasteiger partial charge in [-0.05, 0) is 86.0 Å². The lowest BCUT2D eigenvalue weighted by Crippen LogP contribution is -2.39. The summed E-state index contributed by atoms with van der Waals surface area (Å²) >= 11 is 12.4. The highest BCUT2D eigenvalue weighted by Crippen LogP contribution is 2.45. The second kappa shape index (κ2) is 11.1. The number of primary amides is 1. The smallest absolute Gasteiger partial charge is 0.340 e. The molecule has 35 heavy (non-hydrogen) atoms. The van der Waals surface area contributed by atoms with Crippen molar-refractivity contribution in [3.63, 3.8) is 0 Å². The van der Waals surface area contributed by atoms with E-state index >= 15 is 0 Å². The quantitative estimate of drug-likeness (QED) is 0.439. The van der Waals surface area contributed by atoms with Crippen molar-refractivity contribution in [1.29, 1.82) is 0 Å². The Morgan fingerprint density at radius 2 is 1.74 bits per heavy atom. The normalized spacial score (nSPS) is 17.7. The average molecular weight is 523 g/mol. The number of amides is 1. The van der Waals surface area contributed by atoms with Crippen molar-refractivity contribution in [3.05, 3.63) is 62.9 Å². The van der Waals surface area contributed by atoms with Crippen LogP contribution in [0.3, 0.4) is 0 Å². The van der Waals surface area contributed by atoms with Crippen LogP contribution >= 0.6 is 23.2 Å². The Hall–Kier alpha value is -2.35. The Morgan fingerprint density at radius 3 is 2.31 bits per heavy atom. The molecule has 2 N–H and O–H groups in total. The zero-order chi connectivity index (χ0) is 25.1. The molecule has 1 saturated heterocycles. The lowest BCUT2D eigenvalue weighted by molar-refractivity contribution is -0.119. The largest absolute Gasteiger partial charge is 0.493 e. The van der Waals surface area contributed by atoms with Crippen LogP contribution < -0.4 is 10.5 Å². The maximum absolute atomic E-state index is 14.5. The molecule has 1 amide bonds. The zero-order valence-electron chi connectivity index (χ0n) is 19.6. The molecule has 0 aromatic heterocycles. The summed E-state index contributed by atoms with van der Waals surface area (Å²) in [4.78, 5) is 25.9. The predicted molar refractivity (Wildman–Crippen MR) is 133 cm³/mol. The highest BCUT2D eigenvalue weighted by atomic mass is 35.5. The van der Waals surface area contributed by atoms with Crippen LogP contribution in [0.4, 0.5) is 4.39 Å². The standard InChI is InChI=1S/C26H29Cl2FN2O4/c1-34-26(33)21-11-20(16-2-3-16)24(12-22(21)29)35-14-15-4-6-31(7-5-15)23(13-25(30)32)17-8-18(27)10-19(28)9-17/h8-12,15-16,23H,2-7,13-14H2,1H3,(H2,30,32). The third-order valence-corrected chi connectivity index (χ3v) is 7.19. The van der Waals surface area contributed by atoms with Gasteiger partial charge in [-0.25, -0.2) is 9.18 Å². The first-order chi connectivity index (χ1) is 16.7. The molecule has 188 valence electrons. The number of methoxy groups -OCH3 is 1. The van der Waals surface area contributed by atoms with E-state index in [9.17, 15) is 14.0 Å². The van der Waals surface area contributed by atoms with Gasteiger partial charge >= 0.3 is 5.97 Å². The third-order valence-electron chi connectivity index (χ3n) is 6.75. The first-order valence-corrected chi connectivity index (χ1v) is 12.5. The molecular formula is C26H29Cl2FN2O4. The monoisotopic (exact) mass is 522 g/mol. The van der Waals surface area contributed by atoms with Crippen LogP contribution in [0.25, 0.3) is 0 Å². The van der Waals surface area contributed by atoms with Gasteiger partial charge in [-0.1, -0.05) is 23.2 Å². The Kier molecular flexibility index (Phi) is 8.19. The molecule has 0 radical (unpaired) electrons. The number of carbonyl (C=O) groups excluding carboxylic acids is 2. The van der Waals surface area contributed by atoms with Gasteiger partial charge in [-0.2, -0.15) is 0 Å². The van der Waals surface area contributed by atoms with E-state index in [1.54, 1.807) is 12.1 Å². The van der Waals surface area contributed by atoms with Crippen LogP contribution in [0.15, 0.2) is 30.3 Å². The molecule has 1 aliphatic heterocycles. The molecule has 2 aromatic carbocycles. The van der Waals surface area contributed by atoms with Gasteiger partial charge in [0.1, 0.15) is 11.6 Å². The second-order valence-corrected chi connectivity index (χ2v) is 10.2. The number of benzene rings is 2. The van der Waals surface area contributed by atoms with Gasteiger partial charge in [0.05, 0.1) is 19.3 Å². The van der Waals surface area contributed by atoms with E-state index in [2.05, 4.69) is 4.90 Å². The van der Waals surface area contributed by atoms with Gasteiger partial charge in [0.15, 0.2) is 0 Å². The van der Waals surface area contributed by atoms with E-state index in [1.165, 1.54) is 13.2 Å². The molecule has 0 bridgehead atoms. The minimum absolute atomic E-state index is 0.0586. The van der Waals surface area contributed by atoms with E-state index in [0.29, 0.717) is 22.4 Å². The molecular weight excluding hydrogens is 494 g/mol. The SMILES string of the molecule is COC(=O)c1cc(C2CC2)c(OCC2CCN(C(CC(N)=O)c3cc(Cl)cc(Cl)c3)CC2)cc1F. The Bertz CT molecular complexity index is 1080. The Balaban J connectivity index is 1.40. The van der Waals surface area contributed by atoms with Gasteiger partial charge in [-0.15, -0.1) is 0 Å². The minimum atomic E-state index is -0.685. The number of nitrogens with zero attached hydrogens (tertiary/aromatic N) is 1. The number of likely N-dealkylation sites (tertiary alicyclic amines) is 1. The van der Waals surface area contributed by atoms with Crippen molar-refractivity contribution in [1.82, 2.24) is 4.90 Å². The fourth-order valence-corrected chi connectivity index (χ4v) is 5.27. The second-order valence-electron chi connectivity index (χ2n) is 9.32. The molecule has 2 fully saturated rings. The van der Waals surface area contributed by atoms with Crippen molar-refractivity contribution in [3.8, 4) is 5.75 Å². The third kappa shape index (κ3) is 6.46. The first-order valence-electron chi connectivity index (χ1n) is 11.8. The molecule has 1 aliphatic carbocycles. The lowest BCUT2D eigenvalue weighted by atomic mass is 9.93. The van der Waals surface area contributed by atoms with Gasteiger partial charge in [0, 0.05) is 28.6 Å². The summed E-state index contributed by atoms with van der Waals surface area (Å²) in [6.45, 7) is 1.95. The van der Waals surface area contributed by atoms with Crippen LogP contribution in [0, 0.1) is 11.7 Å². The highest BCUT2D eigenvalue weighted by Gasteiger charge is 2.31. The summed E-state index contributed by atoms with van der Waals surface area (Å²) in [6.07, 6.45) is 3.87.